The Labute approximate surface area is 155 Å². The van der Waals surface area contributed by atoms with Crippen LogP contribution >= 0.6 is 0 Å². The first-order valence-corrected chi connectivity index (χ1v) is 10.0. The molecule has 0 radical (unpaired) electrons. The van der Waals surface area contributed by atoms with Gasteiger partial charge in [0.25, 0.3) is 0 Å². The van der Waals surface area contributed by atoms with Gasteiger partial charge in [-0.05, 0) is 49.9 Å². The van der Waals surface area contributed by atoms with Crippen LogP contribution in [0.4, 0.5) is 0 Å². The Morgan fingerprint density at radius 1 is 1.00 bits per heavy atom. The molecule has 2 heterocycles. The van der Waals surface area contributed by atoms with Gasteiger partial charge in [0.05, 0.1) is 11.0 Å². The van der Waals surface area contributed by atoms with E-state index in [0.717, 1.165) is 31.1 Å². The second-order valence-corrected chi connectivity index (χ2v) is 8.13. The van der Waals surface area contributed by atoms with Crippen LogP contribution in [0.2, 0.25) is 0 Å². The number of aryl methyl sites for hydroxylation is 1. The smallest absolute Gasteiger partial charge is 0.111 e. The fraction of sp³-hybridized carbons (Fsp3) is 0.435. The fourth-order valence-corrected chi connectivity index (χ4v) is 4.58. The van der Waals surface area contributed by atoms with Crippen LogP contribution in [0.3, 0.4) is 0 Å². The number of benzene rings is 2. The van der Waals surface area contributed by atoms with Gasteiger partial charge >= 0.3 is 0 Å². The number of rotatable bonds is 2. The highest BCUT2D eigenvalue weighted by Gasteiger charge is 2.31. The van der Waals surface area contributed by atoms with Gasteiger partial charge in [-0.15, -0.1) is 0 Å². The molecule has 1 aromatic heterocycles. The Morgan fingerprint density at radius 3 is 2.50 bits per heavy atom. The number of nitrogens with zero attached hydrogens (tertiary/aromatic N) is 3. The average molecular weight is 345 g/mol. The fourth-order valence-electron chi connectivity index (χ4n) is 4.58. The molecule has 2 aliphatic rings. The van der Waals surface area contributed by atoms with Crippen molar-refractivity contribution in [3.05, 3.63) is 53.9 Å². The van der Waals surface area contributed by atoms with Crippen LogP contribution in [0.1, 0.15) is 37.6 Å². The zero-order chi connectivity index (χ0) is 17.7. The Morgan fingerprint density at radius 2 is 1.77 bits per heavy atom. The molecule has 3 nitrogen and oxygen atoms in total. The van der Waals surface area contributed by atoms with Gasteiger partial charge in [0.15, 0.2) is 0 Å². The molecule has 3 aromatic rings. The predicted octanol–water partition coefficient (Wildman–Crippen LogP) is 4.81. The van der Waals surface area contributed by atoms with Crippen molar-refractivity contribution in [1.82, 2.24) is 14.5 Å². The minimum atomic E-state index is 0.593. The lowest BCUT2D eigenvalue weighted by Gasteiger charge is -2.40. The summed E-state index contributed by atoms with van der Waals surface area (Å²) in [6.07, 6.45) is 5.24. The van der Waals surface area contributed by atoms with Crippen molar-refractivity contribution >= 4 is 11.0 Å². The maximum absolute atomic E-state index is 5.03. The van der Waals surface area contributed by atoms with E-state index >= 15 is 0 Å². The third-order valence-corrected chi connectivity index (χ3v) is 6.36. The van der Waals surface area contributed by atoms with Crippen molar-refractivity contribution in [2.75, 3.05) is 6.54 Å². The molecule has 0 amide bonds. The molecule has 1 fully saturated rings. The van der Waals surface area contributed by atoms with E-state index in [4.69, 9.17) is 4.98 Å². The van der Waals surface area contributed by atoms with Gasteiger partial charge < -0.3 is 4.57 Å². The minimum Gasteiger partial charge on any atom is -0.326 e. The van der Waals surface area contributed by atoms with Gasteiger partial charge in [-0.3, -0.25) is 4.90 Å². The highest BCUT2D eigenvalue weighted by Crippen LogP contribution is 2.31. The van der Waals surface area contributed by atoms with Gasteiger partial charge in [0.2, 0.25) is 0 Å². The summed E-state index contributed by atoms with van der Waals surface area (Å²) in [5.74, 6) is 1.26. The van der Waals surface area contributed by atoms with Crippen molar-refractivity contribution in [2.45, 2.75) is 58.2 Å². The third kappa shape index (κ3) is 2.66. The van der Waals surface area contributed by atoms with E-state index < -0.39 is 0 Å². The normalized spacial score (nSPS) is 21.4. The van der Waals surface area contributed by atoms with Crippen molar-refractivity contribution in [2.24, 2.45) is 0 Å². The number of fused-ring (bicyclic) bond motifs is 3. The number of imidazole rings is 1. The lowest BCUT2D eigenvalue weighted by molar-refractivity contribution is 0.0867. The molecule has 0 bridgehead atoms. The van der Waals surface area contributed by atoms with Crippen molar-refractivity contribution in [3.63, 3.8) is 0 Å². The van der Waals surface area contributed by atoms with E-state index in [1.165, 1.54) is 47.3 Å². The molecule has 1 saturated carbocycles. The quantitative estimate of drug-likeness (QED) is 0.664. The van der Waals surface area contributed by atoms with Crippen LogP contribution < -0.4 is 0 Å². The van der Waals surface area contributed by atoms with Crippen LogP contribution in [-0.2, 0) is 13.0 Å². The lowest BCUT2D eigenvalue weighted by atomic mass is 9.90. The molecule has 0 N–H and O–H groups in total. The summed E-state index contributed by atoms with van der Waals surface area (Å²) in [6.45, 7) is 6.74. The van der Waals surface area contributed by atoms with Crippen molar-refractivity contribution in [1.29, 1.82) is 0 Å². The summed E-state index contributed by atoms with van der Waals surface area (Å²) in [7, 11) is 0. The Kier molecular flexibility index (Phi) is 3.86. The first-order valence-electron chi connectivity index (χ1n) is 10.0. The van der Waals surface area contributed by atoms with Gasteiger partial charge in [0.1, 0.15) is 5.82 Å². The van der Waals surface area contributed by atoms with E-state index in [1.54, 1.807) is 0 Å². The molecular weight excluding hydrogens is 318 g/mol. The minimum absolute atomic E-state index is 0.593. The first-order chi connectivity index (χ1) is 12.7. The molecule has 1 aliphatic heterocycles. The molecule has 26 heavy (non-hydrogen) atoms. The maximum atomic E-state index is 5.03. The van der Waals surface area contributed by atoms with Crippen molar-refractivity contribution < 1.29 is 0 Å². The standard InChI is InChI=1S/C23H27N3/c1-16-6-8-18(9-7-16)19-10-11-22-21(14-19)24-23-12-13-25(20-4-3-5-20)17(2)15-26(22)23/h6-11,14,17,20H,3-5,12-13,15H2,1-2H3. The van der Waals surface area contributed by atoms with Crippen LogP contribution in [0, 0.1) is 6.92 Å². The molecule has 134 valence electrons. The largest absolute Gasteiger partial charge is 0.326 e. The summed E-state index contributed by atoms with van der Waals surface area (Å²) in [4.78, 5) is 7.75. The Bertz CT molecular complexity index is 934. The van der Waals surface area contributed by atoms with Gasteiger partial charge in [-0.25, -0.2) is 4.98 Å². The molecule has 1 unspecified atom stereocenters. The first kappa shape index (κ1) is 16.1. The second-order valence-electron chi connectivity index (χ2n) is 8.13. The zero-order valence-electron chi connectivity index (χ0n) is 15.8. The molecule has 2 aromatic carbocycles. The predicted molar refractivity (Wildman–Crippen MR) is 107 cm³/mol. The molecule has 1 aliphatic carbocycles. The van der Waals surface area contributed by atoms with Gasteiger partial charge in [0, 0.05) is 31.6 Å². The molecule has 0 saturated heterocycles. The highest BCUT2D eigenvalue weighted by atomic mass is 15.2. The lowest BCUT2D eigenvalue weighted by Crippen LogP contribution is -2.46. The molecule has 3 heteroatoms. The Balaban J connectivity index is 1.49. The third-order valence-electron chi connectivity index (χ3n) is 6.36. The van der Waals surface area contributed by atoms with E-state index in [9.17, 15) is 0 Å². The molecule has 1 atom stereocenters. The van der Waals surface area contributed by atoms with E-state index in [0.29, 0.717) is 6.04 Å². The number of hydrogen-bond donors (Lipinski definition) is 0. The average Bonchev–Trinajstić information content (AvgIpc) is 2.86. The summed E-state index contributed by atoms with van der Waals surface area (Å²) >= 11 is 0. The zero-order valence-corrected chi connectivity index (χ0v) is 15.8. The molecular formula is C23H27N3. The SMILES string of the molecule is Cc1ccc(-c2ccc3c(c2)nc2n3CC(C)N(C3CCC3)CC2)cc1. The maximum Gasteiger partial charge on any atom is 0.111 e. The van der Waals surface area contributed by atoms with Gasteiger partial charge in [-0.2, -0.15) is 0 Å². The van der Waals surface area contributed by atoms with Crippen LogP contribution in [-0.4, -0.2) is 33.1 Å². The second kappa shape index (κ2) is 6.24. The highest BCUT2D eigenvalue weighted by molar-refractivity contribution is 5.82. The Hall–Kier alpha value is -2.13. The van der Waals surface area contributed by atoms with Crippen LogP contribution in [0.15, 0.2) is 42.5 Å². The summed E-state index contributed by atoms with van der Waals surface area (Å²) in [5, 5.41) is 0. The van der Waals surface area contributed by atoms with E-state index in [2.05, 4.69) is 65.8 Å². The monoisotopic (exact) mass is 345 g/mol. The molecule has 0 spiro atoms. The van der Waals surface area contributed by atoms with Gasteiger partial charge in [-0.1, -0.05) is 42.3 Å². The topological polar surface area (TPSA) is 21.1 Å². The number of hydrogen-bond acceptors (Lipinski definition) is 2. The van der Waals surface area contributed by atoms with Crippen LogP contribution in [0.25, 0.3) is 22.2 Å². The molecule has 5 rings (SSSR count). The summed E-state index contributed by atoms with van der Waals surface area (Å²) in [5.41, 5.74) is 6.26. The van der Waals surface area contributed by atoms with E-state index in [1.807, 2.05) is 0 Å². The van der Waals surface area contributed by atoms with E-state index in [-0.39, 0.29) is 0 Å². The summed E-state index contributed by atoms with van der Waals surface area (Å²) in [6, 6.07) is 17.0. The van der Waals surface area contributed by atoms with Crippen LogP contribution in [0.5, 0.6) is 0 Å². The van der Waals surface area contributed by atoms with Crippen molar-refractivity contribution in [3.8, 4) is 11.1 Å². The summed E-state index contributed by atoms with van der Waals surface area (Å²) < 4.78 is 2.47. The number of aromatic nitrogens is 2.